The van der Waals surface area contributed by atoms with Gasteiger partial charge in [0.05, 0.1) is 21.3 Å². The molecule has 106 valence electrons. The first-order chi connectivity index (χ1) is 8.91. The summed E-state index contributed by atoms with van der Waals surface area (Å²) in [6.07, 6.45) is 0. The van der Waals surface area contributed by atoms with Gasteiger partial charge < -0.3 is 19.9 Å². The van der Waals surface area contributed by atoms with Gasteiger partial charge in [0.25, 0.3) is 0 Å². The second-order valence-corrected chi connectivity index (χ2v) is 4.83. The normalized spacial score (nSPS) is 11.1. The molecule has 1 aromatic rings. The van der Waals surface area contributed by atoms with Crippen molar-refractivity contribution in [1.29, 1.82) is 0 Å². The highest BCUT2D eigenvalue weighted by Crippen LogP contribution is 2.39. The summed E-state index contributed by atoms with van der Waals surface area (Å²) in [4.78, 5) is 12.4. The van der Waals surface area contributed by atoms with Gasteiger partial charge in [-0.05, 0) is 12.1 Å². The molecule has 19 heavy (non-hydrogen) atoms. The van der Waals surface area contributed by atoms with Crippen LogP contribution in [0.4, 0.5) is 0 Å². The van der Waals surface area contributed by atoms with E-state index in [-0.39, 0.29) is 12.3 Å². The molecular weight excluding hydrogens is 246 g/mol. The van der Waals surface area contributed by atoms with E-state index in [1.54, 1.807) is 26.0 Å². The van der Waals surface area contributed by atoms with Crippen molar-refractivity contribution in [3.8, 4) is 17.2 Å². The van der Waals surface area contributed by atoms with Crippen LogP contribution in [0.2, 0.25) is 0 Å². The highest BCUT2D eigenvalue weighted by molar-refractivity contribution is 6.01. The third-order valence-electron chi connectivity index (χ3n) is 3.05. The maximum absolute atomic E-state index is 12.4. The topological polar surface area (TPSA) is 70.8 Å². The van der Waals surface area contributed by atoms with Crippen molar-refractivity contribution in [2.45, 2.75) is 13.8 Å². The molecule has 0 saturated carbocycles. The molecule has 0 radical (unpaired) electrons. The molecule has 5 heteroatoms. The first-order valence-corrected chi connectivity index (χ1v) is 5.96. The molecule has 0 saturated heterocycles. The summed E-state index contributed by atoms with van der Waals surface area (Å²) in [5, 5.41) is 0. The minimum Gasteiger partial charge on any atom is -0.493 e. The monoisotopic (exact) mass is 267 g/mol. The van der Waals surface area contributed by atoms with Gasteiger partial charge in [-0.2, -0.15) is 0 Å². The molecule has 5 nitrogen and oxygen atoms in total. The van der Waals surface area contributed by atoms with Crippen LogP contribution in [0.15, 0.2) is 12.1 Å². The summed E-state index contributed by atoms with van der Waals surface area (Å²) in [6.45, 7) is 3.87. The van der Waals surface area contributed by atoms with E-state index in [4.69, 9.17) is 19.9 Å². The van der Waals surface area contributed by atoms with Crippen molar-refractivity contribution in [3.63, 3.8) is 0 Å². The lowest BCUT2D eigenvalue weighted by atomic mass is 9.84. The Morgan fingerprint density at radius 1 is 1.11 bits per heavy atom. The molecule has 0 amide bonds. The van der Waals surface area contributed by atoms with Crippen LogP contribution in [-0.2, 0) is 0 Å². The summed E-state index contributed by atoms with van der Waals surface area (Å²) < 4.78 is 15.7. The highest BCUT2D eigenvalue weighted by atomic mass is 16.5. The van der Waals surface area contributed by atoms with E-state index >= 15 is 0 Å². The number of ether oxygens (including phenoxy) is 3. The summed E-state index contributed by atoms with van der Waals surface area (Å²) >= 11 is 0. The predicted molar refractivity (Wildman–Crippen MR) is 73.3 cm³/mol. The van der Waals surface area contributed by atoms with Gasteiger partial charge in [0, 0.05) is 17.5 Å². The van der Waals surface area contributed by atoms with Gasteiger partial charge in [-0.1, -0.05) is 13.8 Å². The van der Waals surface area contributed by atoms with E-state index in [9.17, 15) is 4.79 Å². The number of Topliss-reactive ketones (excluding diaryl/α,β-unsaturated/α-hetero) is 1. The molecule has 0 aliphatic heterocycles. The number of nitrogens with two attached hydrogens (primary N) is 1. The Morgan fingerprint density at radius 3 is 1.89 bits per heavy atom. The first kappa shape index (κ1) is 15.3. The van der Waals surface area contributed by atoms with Crippen molar-refractivity contribution >= 4 is 5.78 Å². The number of rotatable bonds is 6. The zero-order valence-corrected chi connectivity index (χ0v) is 12.1. The number of hydrogen-bond donors (Lipinski definition) is 1. The van der Waals surface area contributed by atoms with E-state index in [0.29, 0.717) is 22.8 Å². The van der Waals surface area contributed by atoms with Crippen LogP contribution in [0.25, 0.3) is 0 Å². The first-order valence-electron chi connectivity index (χ1n) is 5.96. The lowest BCUT2D eigenvalue weighted by Crippen LogP contribution is -2.32. The second kappa shape index (κ2) is 5.93. The van der Waals surface area contributed by atoms with Crippen LogP contribution in [0.1, 0.15) is 24.2 Å². The van der Waals surface area contributed by atoms with Crippen LogP contribution in [-0.4, -0.2) is 33.7 Å². The van der Waals surface area contributed by atoms with Crippen molar-refractivity contribution in [1.82, 2.24) is 0 Å². The summed E-state index contributed by atoms with van der Waals surface area (Å²) in [7, 11) is 4.55. The predicted octanol–water partition coefficient (Wildman–Crippen LogP) is 1.88. The fraction of sp³-hybridized carbons (Fsp3) is 0.500. The van der Waals surface area contributed by atoms with E-state index in [1.165, 1.54) is 21.3 Å². The Morgan fingerprint density at radius 2 is 1.58 bits per heavy atom. The van der Waals surface area contributed by atoms with Crippen LogP contribution in [0.3, 0.4) is 0 Å². The SMILES string of the molecule is COc1cc(C(=O)C(C)(C)CN)cc(OC)c1OC. The number of benzene rings is 1. The molecule has 1 rings (SSSR count). The average molecular weight is 267 g/mol. The van der Waals surface area contributed by atoms with Gasteiger partial charge in [0.1, 0.15) is 0 Å². The number of hydrogen-bond acceptors (Lipinski definition) is 5. The minimum atomic E-state index is -0.634. The number of carbonyl (C=O) groups excluding carboxylic acids is 1. The fourth-order valence-corrected chi connectivity index (χ4v) is 1.70. The van der Waals surface area contributed by atoms with E-state index in [2.05, 4.69) is 0 Å². The molecule has 1 aromatic carbocycles. The average Bonchev–Trinajstić information content (AvgIpc) is 2.44. The fourth-order valence-electron chi connectivity index (χ4n) is 1.70. The molecule has 0 bridgehead atoms. The van der Waals surface area contributed by atoms with Gasteiger partial charge >= 0.3 is 0 Å². The van der Waals surface area contributed by atoms with Crippen molar-refractivity contribution in [2.24, 2.45) is 11.1 Å². The number of ketones is 1. The van der Waals surface area contributed by atoms with Crippen LogP contribution in [0, 0.1) is 5.41 Å². The molecule has 0 aromatic heterocycles. The zero-order valence-electron chi connectivity index (χ0n) is 12.1. The Balaban J connectivity index is 3.35. The van der Waals surface area contributed by atoms with Gasteiger partial charge in [-0.3, -0.25) is 4.79 Å². The molecule has 0 aliphatic rings. The maximum atomic E-state index is 12.4. The zero-order chi connectivity index (χ0) is 14.6. The van der Waals surface area contributed by atoms with Gasteiger partial charge in [0.2, 0.25) is 5.75 Å². The molecule has 0 unspecified atom stereocenters. The van der Waals surface area contributed by atoms with Gasteiger partial charge in [-0.25, -0.2) is 0 Å². The molecule has 0 atom stereocenters. The molecule has 0 fully saturated rings. The van der Waals surface area contributed by atoms with Crippen molar-refractivity contribution in [3.05, 3.63) is 17.7 Å². The van der Waals surface area contributed by atoms with E-state index < -0.39 is 5.41 Å². The Labute approximate surface area is 113 Å². The Hall–Kier alpha value is -1.75. The quantitative estimate of drug-likeness (QED) is 0.797. The molecule has 2 N–H and O–H groups in total. The lowest BCUT2D eigenvalue weighted by Gasteiger charge is -2.22. The Bertz CT molecular complexity index is 444. The summed E-state index contributed by atoms with van der Waals surface area (Å²) in [6, 6.07) is 3.28. The molecule has 0 spiro atoms. The van der Waals surface area contributed by atoms with Crippen molar-refractivity contribution < 1.29 is 19.0 Å². The third-order valence-corrected chi connectivity index (χ3v) is 3.05. The summed E-state index contributed by atoms with van der Waals surface area (Å²) in [5.41, 5.74) is 5.49. The van der Waals surface area contributed by atoms with Gasteiger partial charge in [-0.15, -0.1) is 0 Å². The van der Waals surface area contributed by atoms with Crippen LogP contribution >= 0.6 is 0 Å². The molecule has 0 aliphatic carbocycles. The smallest absolute Gasteiger partial charge is 0.203 e. The lowest BCUT2D eigenvalue weighted by molar-refractivity contribution is 0.0846. The van der Waals surface area contributed by atoms with E-state index in [1.807, 2.05) is 0 Å². The van der Waals surface area contributed by atoms with Crippen LogP contribution in [0.5, 0.6) is 17.2 Å². The highest BCUT2D eigenvalue weighted by Gasteiger charge is 2.29. The minimum absolute atomic E-state index is 0.0609. The number of methoxy groups -OCH3 is 3. The summed E-state index contributed by atoms with van der Waals surface area (Å²) in [5.74, 6) is 1.32. The Kier molecular flexibility index (Phi) is 4.78. The molecular formula is C14H21NO4. The van der Waals surface area contributed by atoms with E-state index in [0.717, 1.165) is 0 Å². The number of carbonyl (C=O) groups is 1. The molecule has 0 heterocycles. The third kappa shape index (κ3) is 2.98. The van der Waals surface area contributed by atoms with Crippen molar-refractivity contribution in [2.75, 3.05) is 27.9 Å². The standard InChI is InChI=1S/C14H21NO4/c1-14(2,8-15)13(16)9-6-10(17-3)12(19-5)11(7-9)18-4/h6-7H,8,15H2,1-5H3. The van der Waals surface area contributed by atoms with Crippen LogP contribution < -0.4 is 19.9 Å². The second-order valence-electron chi connectivity index (χ2n) is 4.83. The largest absolute Gasteiger partial charge is 0.493 e. The maximum Gasteiger partial charge on any atom is 0.203 e. The van der Waals surface area contributed by atoms with Gasteiger partial charge in [0.15, 0.2) is 17.3 Å².